The molecule has 1 aliphatic rings. The highest BCUT2D eigenvalue weighted by atomic mass is 35.5. The summed E-state index contributed by atoms with van der Waals surface area (Å²) >= 11 is 7.44. The molecule has 8 heteroatoms. The van der Waals surface area contributed by atoms with E-state index in [0.717, 1.165) is 11.1 Å². The zero-order chi connectivity index (χ0) is 25.8. The van der Waals surface area contributed by atoms with Crippen molar-refractivity contribution in [1.82, 2.24) is 9.47 Å². The number of halogens is 1. The van der Waals surface area contributed by atoms with Crippen LogP contribution in [0.5, 0.6) is 5.75 Å². The van der Waals surface area contributed by atoms with Crippen LogP contribution in [0.25, 0.3) is 6.08 Å². The highest BCUT2D eigenvalue weighted by molar-refractivity contribution is 7.07. The first-order chi connectivity index (χ1) is 17.4. The van der Waals surface area contributed by atoms with Crippen LogP contribution in [0, 0.1) is 12.3 Å². The molecule has 6 nitrogen and oxygen atoms in total. The van der Waals surface area contributed by atoms with Crippen molar-refractivity contribution >= 4 is 34.9 Å². The molecule has 36 heavy (non-hydrogen) atoms. The molecule has 0 fully saturated rings. The highest BCUT2D eigenvalue weighted by Crippen LogP contribution is 2.31. The van der Waals surface area contributed by atoms with Gasteiger partial charge in [-0.25, -0.2) is 4.99 Å². The first-order valence-corrected chi connectivity index (χ1v) is 12.8. The fourth-order valence-electron chi connectivity index (χ4n) is 4.17. The number of terminal acetylenes is 1. The Bertz CT molecular complexity index is 1520. The first-order valence-electron chi connectivity index (χ1n) is 11.6. The molecule has 1 aromatic heterocycles. The lowest BCUT2D eigenvalue weighted by atomic mass is 9.94. The van der Waals surface area contributed by atoms with Gasteiger partial charge in [-0.15, -0.1) is 6.42 Å². The molecule has 0 bridgehead atoms. The van der Waals surface area contributed by atoms with Gasteiger partial charge in [-0.05, 0) is 62.2 Å². The molecule has 1 amide bonds. The number of carbonyl (C=O) groups is 1. The predicted molar refractivity (Wildman–Crippen MR) is 144 cm³/mol. The lowest BCUT2D eigenvalue weighted by Crippen LogP contribution is -2.43. The molecule has 0 radical (unpaired) electrons. The number of likely N-dealkylation sites (N-methyl/N-ethyl adjacent to an activating group) is 1. The van der Waals surface area contributed by atoms with E-state index < -0.39 is 6.04 Å². The Balaban J connectivity index is 1.86. The van der Waals surface area contributed by atoms with E-state index in [4.69, 9.17) is 27.8 Å². The van der Waals surface area contributed by atoms with E-state index in [1.54, 1.807) is 21.6 Å². The molecule has 2 heterocycles. The second-order valence-electron chi connectivity index (χ2n) is 8.17. The molecular formula is C28H26ClN3O3S. The zero-order valence-electron chi connectivity index (χ0n) is 20.3. The van der Waals surface area contributed by atoms with Gasteiger partial charge in [0.05, 0.1) is 21.8 Å². The fourth-order valence-corrected chi connectivity index (χ4v) is 5.35. The molecule has 2 aromatic carbocycles. The molecule has 0 spiro atoms. The number of nitrogens with zero attached hydrogens (tertiary/aromatic N) is 3. The second kappa shape index (κ2) is 11.0. The normalized spacial score (nSPS) is 15.2. The van der Waals surface area contributed by atoms with Crippen LogP contribution >= 0.6 is 22.9 Å². The summed E-state index contributed by atoms with van der Waals surface area (Å²) in [6.45, 7) is 7.01. The van der Waals surface area contributed by atoms with Crippen molar-refractivity contribution in [3.8, 4) is 18.1 Å². The molecule has 3 aromatic rings. The minimum Gasteiger partial charge on any atom is -0.481 e. The Hall–Kier alpha value is -3.60. The number of benzene rings is 2. The van der Waals surface area contributed by atoms with E-state index in [1.165, 1.54) is 11.3 Å². The van der Waals surface area contributed by atoms with Gasteiger partial charge in [0.25, 0.3) is 11.5 Å². The van der Waals surface area contributed by atoms with Gasteiger partial charge in [0.2, 0.25) is 0 Å². The molecule has 0 aliphatic carbocycles. The molecular weight excluding hydrogens is 494 g/mol. The molecule has 0 saturated carbocycles. The summed E-state index contributed by atoms with van der Waals surface area (Å²) < 4.78 is 7.57. The summed E-state index contributed by atoms with van der Waals surface area (Å²) in [5, 5.41) is 0.582. The Morgan fingerprint density at radius 1 is 1.19 bits per heavy atom. The van der Waals surface area contributed by atoms with Crippen LogP contribution < -0.4 is 19.6 Å². The number of thiazole rings is 1. The Morgan fingerprint density at radius 2 is 1.86 bits per heavy atom. The van der Waals surface area contributed by atoms with Crippen molar-refractivity contribution in [1.29, 1.82) is 0 Å². The summed E-state index contributed by atoms with van der Waals surface area (Å²) in [5.41, 5.74) is 2.53. The van der Waals surface area contributed by atoms with Gasteiger partial charge in [-0.3, -0.25) is 14.2 Å². The van der Waals surface area contributed by atoms with E-state index in [0.29, 0.717) is 44.5 Å². The van der Waals surface area contributed by atoms with Crippen molar-refractivity contribution in [2.24, 2.45) is 4.99 Å². The average Bonchev–Trinajstić information content (AvgIpc) is 3.18. The second-order valence-corrected chi connectivity index (χ2v) is 9.62. The number of ether oxygens (including phenoxy) is 1. The van der Waals surface area contributed by atoms with Gasteiger partial charge in [0.1, 0.15) is 12.4 Å². The number of rotatable bonds is 7. The molecule has 4 rings (SSSR count). The average molecular weight is 520 g/mol. The van der Waals surface area contributed by atoms with Crippen LogP contribution in [0.1, 0.15) is 37.9 Å². The number of hydrogen-bond acceptors (Lipinski definition) is 5. The van der Waals surface area contributed by atoms with Crippen molar-refractivity contribution in [3.63, 3.8) is 0 Å². The van der Waals surface area contributed by atoms with Gasteiger partial charge >= 0.3 is 0 Å². The lowest BCUT2D eigenvalue weighted by Gasteiger charge is -2.29. The van der Waals surface area contributed by atoms with E-state index in [2.05, 4.69) is 5.92 Å². The number of carbonyl (C=O) groups excluding carboxylic acids is 1. The van der Waals surface area contributed by atoms with Gasteiger partial charge < -0.3 is 9.64 Å². The van der Waals surface area contributed by atoms with Crippen molar-refractivity contribution in [2.45, 2.75) is 26.8 Å². The zero-order valence-corrected chi connectivity index (χ0v) is 21.9. The Morgan fingerprint density at radius 3 is 2.47 bits per heavy atom. The summed E-state index contributed by atoms with van der Waals surface area (Å²) in [5.74, 6) is 2.96. The molecule has 1 aliphatic heterocycles. The summed E-state index contributed by atoms with van der Waals surface area (Å²) in [6.07, 6.45) is 7.06. The van der Waals surface area contributed by atoms with Gasteiger partial charge in [-0.2, -0.15) is 0 Å². The monoisotopic (exact) mass is 519 g/mol. The Kier molecular flexibility index (Phi) is 7.78. The van der Waals surface area contributed by atoms with Crippen LogP contribution in [-0.4, -0.2) is 35.1 Å². The summed E-state index contributed by atoms with van der Waals surface area (Å²) in [4.78, 5) is 34.3. The SMILES string of the molecule is C#CCOc1ccc(/C=c2/sc3n(c2=O)[C@@H](c2ccc(Cl)cc2)C(C(=O)N(CC)CC)=C(C)N=3)cc1. The quantitative estimate of drug-likeness (QED) is 0.446. The maximum atomic E-state index is 13.7. The highest BCUT2D eigenvalue weighted by Gasteiger charge is 2.34. The molecule has 1 atom stereocenters. The molecule has 0 N–H and O–H groups in total. The number of allylic oxidation sites excluding steroid dienone is 1. The maximum Gasteiger partial charge on any atom is 0.271 e. The topological polar surface area (TPSA) is 63.9 Å². The third kappa shape index (κ3) is 5.01. The van der Waals surface area contributed by atoms with Crippen LogP contribution in [0.3, 0.4) is 0 Å². The smallest absolute Gasteiger partial charge is 0.271 e. The molecule has 184 valence electrons. The number of fused-ring (bicyclic) bond motifs is 1. The lowest BCUT2D eigenvalue weighted by molar-refractivity contribution is -0.127. The number of amides is 1. The van der Waals surface area contributed by atoms with Crippen LogP contribution in [0.15, 0.2) is 69.6 Å². The molecule has 0 saturated heterocycles. The third-order valence-corrected chi connectivity index (χ3v) is 7.22. The van der Waals surface area contributed by atoms with E-state index in [1.807, 2.05) is 63.2 Å². The fraction of sp³-hybridized carbons (Fsp3) is 0.250. The number of hydrogen-bond donors (Lipinski definition) is 0. The third-order valence-electron chi connectivity index (χ3n) is 5.99. The minimum absolute atomic E-state index is 0.127. The largest absolute Gasteiger partial charge is 0.481 e. The standard InChI is InChI=1S/C28H26ClN3O3S/c1-5-16-35-22-14-8-19(9-15-22)17-23-26(33)32-25(20-10-12-21(29)13-11-20)24(18(4)30-28(32)36-23)27(34)31(6-2)7-3/h1,8-15,17,25H,6-7,16H2,2-4H3/b23-17+/t25-/m0/s1. The Labute approximate surface area is 218 Å². The summed E-state index contributed by atoms with van der Waals surface area (Å²) in [6, 6.07) is 14.0. The predicted octanol–water partition coefficient (Wildman–Crippen LogP) is 3.77. The van der Waals surface area contributed by atoms with Gasteiger partial charge in [0.15, 0.2) is 4.80 Å². The maximum absolute atomic E-state index is 13.7. The molecule has 0 unspecified atom stereocenters. The van der Waals surface area contributed by atoms with Gasteiger partial charge in [-0.1, -0.05) is 53.1 Å². The minimum atomic E-state index is -0.603. The van der Waals surface area contributed by atoms with Crippen molar-refractivity contribution < 1.29 is 9.53 Å². The van der Waals surface area contributed by atoms with Crippen LogP contribution in [-0.2, 0) is 4.79 Å². The van der Waals surface area contributed by atoms with Crippen molar-refractivity contribution in [2.75, 3.05) is 19.7 Å². The van der Waals surface area contributed by atoms with E-state index >= 15 is 0 Å². The van der Waals surface area contributed by atoms with E-state index in [-0.39, 0.29) is 18.1 Å². The first kappa shape index (κ1) is 25.5. The van der Waals surface area contributed by atoms with Crippen molar-refractivity contribution in [3.05, 3.63) is 95.6 Å². The van der Waals surface area contributed by atoms with E-state index in [9.17, 15) is 9.59 Å². The summed E-state index contributed by atoms with van der Waals surface area (Å²) in [7, 11) is 0. The van der Waals surface area contributed by atoms with Gasteiger partial charge in [0, 0.05) is 18.1 Å². The van der Waals surface area contributed by atoms with Crippen LogP contribution in [0.4, 0.5) is 0 Å². The number of aromatic nitrogens is 1. The van der Waals surface area contributed by atoms with Crippen LogP contribution in [0.2, 0.25) is 5.02 Å².